The number of allylic oxidation sites excluding steroid dienone is 2. The Morgan fingerprint density at radius 3 is 2.43 bits per heavy atom. The molecule has 5 aliphatic carbocycles. The molecule has 2 spiro atoms. The number of carbonyl (C=O) groups is 4. The lowest BCUT2D eigenvalue weighted by Crippen LogP contribution is -2.55. The number of carbonyl (C=O) groups excluding carboxylic acids is 4. The van der Waals surface area contributed by atoms with E-state index in [-0.39, 0.29) is 69.7 Å². The van der Waals surface area contributed by atoms with Crippen LogP contribution in [-0.4, -0.2) is 52.8 Å². The van der Waals surface area contributed by atoms with Gasteiger partial charge >= 0.3 is 11.9 Å². The van der Waals surface area contributed by atoms with Gasteiger partial charge in [0.25, 0.3) is 9.70 Å². The lowest BCUT2D eigenvalue weighted by molar-refractivity contribution is -0.162. The van der Waals surface area contributed by atoms with Crippen LogP contribution in [0.3, 0.4) is 0 Å². The number of ketones is 1. The summed E-state index contributed by atoms with van der Waals surface area (Å²) in [7, 11) is 0. The second-order valence-corrected chi connectivity index (χ2v) is 18.3. The lowest BCUT2D eigenvalue weighted by atomic mass is 9.43. The molecule has 0 radical (unpaired) electrons. The van der Waals surface area contributed by atoms with Crippen molar-refractivity contribution < 1.29 is 33.4 Å². The van der Waals surface area contributed by atoms with Crippen molar-refractivity contribution in [2.24, 2.45) is 57.2 Å². The van der Waals surface area contributed by atoms with Crippen molar-refractivity contribution in [2.75, 3.05) is 13.2 Å². The average molecular weight is 713 g/mol. The van der Waals surface area contributed by atoms with Crippen LogP contribution in [-0.2, 0) is 33.4 Å². The van der Waals surface area contributed by atoms with Crippen LogP contribution >= 0.6 is 34.8 Å². The highest BCUT2D eigenvalue weighted by molar-refractivity contribution is 6.76. The number of hydrogen-bond donors (Lipinski definition) is 1. The van der Waals surface area contributed by atoms with Gasteiger partial charge < -0.3 is 19.5 Å². The van der Waals surface area contributed by atoms with Crippen molar-refractivity contribution in [3.05, 3.63) is 23.5 Å². The van der Waals surface area contributed by atoms with Crippen molar-refractivity contribution in [2.45, 2.75) is 103 Å². The standard InChI is InChI=1S/C36H48Cl3NO7/c1-18-16-45-30(23(18)15-40-31(44)36(37,38)39)29(47-22(5)42)20(3)28-26(46-21(4)41)14-33(7)27-9-8-24-19(2)25(43)10-11-34(24)17-35(27,34)13-12-32(28,33)6/h10-11,18-20,24,26-29H,8-9,12-17H2,1-7H3,(H,40,44)/t18-,19-,20-,24-,26-,27-,28-,29+,32+,33-,34+,35-/m0/s1. The van der Waals surface area contributed by atoms with E-state index in [1.54, 1.807) is 0 Å². The number of hydrogen-bond acceptors (Lipinski definition) is 7. The van der Waals surface area contributed by atoms with Crippen LogP contribution < -0.4 is 5.32 Å². The summed E-state index contributed by atoms with van der Waals surface area (Å²) in [6, 6.07) is 0. The van der Waals surface area contributed by atoms with Gasteiger partial charge in [-0.3, -0.25) is 19.2 Å². The fourth-order valence-electron chi connectivity index (χ4n) is 11.9. The fourth-order valence-corrected chi connectivity index (χ4v) is 12.1. The van der Waals surface area contributed by atoms with E-state index in [2.05, 4.69) is 39.1 Å². The van der Waals surface area contributed by atoms with Gasteiger partial charge in [-0.15, -0.1) is 0 Å². The van der Waals surface area contributed by atoms with Crippen LogP contribution in [0.15, 0.2) is 23.5 Å². The maximum atomic E-state index is 12.7. The molecule has 0 aromatic heterocycles. The van der Waals surface area contributed by atoms with E-state index in [1.165, 1.54) is 13.8 Å². The van der Waals surface area contributed by atoms with Gasteiger partial charge in [-0.05, 0) is 83.7 Å². The number of alkyl halides is 3. The third kappa shape index (κ3) is 5.19. The lowest BCUT2D eigenvalue weighted by Gasteiger charge is -2.61. The normalized spacial score (nSPS) is 43.1. The quantitative estimate of drug-likeness (QED) is 0.226. The Balaban J connectivity index is 1.37. The minimum absolute atomic E-state index is 0.0480. The zero-order valence-electron chi connectivity index (χ0n) is 28.4. The van der Waals surface area contributed by atoms with Crippen molar-refractivity contribution in [1.82, 2.24) is 5.32 Å². The van der Waals surface area contributed by atoms with Gasteiger partial charge in [-0.2, -0.15) is 0 Å². The molecule has 0 unspecified atom stereocenters. The third-order valence-corrected chi connectivity index (χ3v) is 14.6. The smallest absolute Gasteiger partial charge is 0.303 e. The van der Waals surface area contributed by atoms with E-state index in [1.807, 2.05) is 13.0 Å². The Kier molecular flexibility index (Phi) is 8.69. The molecule has 4 fully saturated rings. The van der Waals surface area contributed by atoms with Crippen LogP contribution in [0.25, 0.3) is 0 Å². The van der Waals surface area contributed by atoms with Crippen molar-refractivity contribution in [1.29, 1.82) is 0 Å². The molecular formula is C36H48Cl3NO7. The minimum Gasteiger partial charge on any atom is -0.493 e. The molecule has 47 heavy (non-hydrogen) atoms. The maximum Gasteiger partial charge on any atom is 0.303 e. The van der Waals surface area contributed by atoms with Gasteiger partial charge in [0.2, 0.25) is 0 Å². The van der Waals surface area contributed by atoms with Gasteiger partial charge in [0.1, 0.15) is 11.9 Å². The molecule has 0 bridgehead atoms. The number of fused-ring (bicyclic) bond motifs is 2. The summed E-state index contributed by atoms with van der Waals surface area (Å²) in [6.45, 7) is 14.2. The van der Waals surface area contributed by atoms with E-state index < -0.39 is 21.8 Å². The summed E-state index contributed by atoms with van der Waals surface area (Å²) in [4.78, 5) is 50.5. The van der Waals surface area contributed by atoms with Gasteiger partial charge in [-0.1, -0.05) is 75.5 Å². The van der Waals surface area contributed by atoms with Crippen molar-refractivity contribution >= 4 is 58.4 Å². The Morgan fingerprint density at radius 2 is 1.79 bits per heavy atom. The monoisotopic (exact) mass is 711 g/mol. The summed E-state index contributed by atoms with van der Waals surface area (Å²) in [6.07, 6.45) is 8.85. The zero-order valence-corrected chi connectivity index (χ0v) is 30.7. The second kappa shape index (κ2) is 11.7. The Hall–Kier alpha value is -1.77. The van der Waals surface area contributed by atoms with Gasteiger partial charge in [0.15, 0.2) is 11.9 Å². The molecule has 0 aromatic rings. The molecule has 1 N–H and O–H groups in total. The third-order valence-electron chi connectivity index (χ3n) is 14.0. The first-order valence-electron chi connectivity index (χ1n) is 17.1. The summed E-state index contributed by atoms with van der Waals surface area (Å²) in [5, 5.41) is 2.69. The highest BCUT2D eigenvalue weighted by Crippen LogP contribution is 2.87. The van der Waals surface area contributed by atoms with Crippen LogP contribution in [0.4, 0.5) is 0 Å². The van der Waals surface area contributed by atoms with Crippen LogP contribution in [0.2, 0.25) is 0 Å². The molecule has 1 amide bonds. The largest absolute Gasteiger partial charge is 0.493 e. The zero-order chi connectivity index (χ0) is 34.5. The van der Waals surface area contributed by atoms with E-state index in [9.17, 15) is 19.2 Å². The Morgan fingerprint density at radius 1 is 1.09 bits per heavy atom. The molecule has 0 saturated heterocycles. The molecule has 12 atom stereocenters. The SMILES string of the molecule is CC(=O)O[C@H]1C[C@@]2(C)[C@@H]3CC[C@H]4[C@H](C)C(=O)C=C[C@@]45C[C@@]35CC[C@]2(C)[C@H]1[C@H](C)[C@@H](OC(C)=O)C1=C(CNC(=O)C(Cl)(Cl)Cl)[C@@H](C)CO1. The number of amides is 1. The van der Waals surface area contributed by atoms with Crippen LogP contribution in [0.1, 0.15) is 87.0 Å². The molecule has 6 aliphatic rings. The van der Waals surface area contributed by atoms with Gasteiger partial charge in [-0.25, -0.2) is 0 Å². The summed E-state index contributed by atoms with van der Waals surface area (Å²) in [5.41, 5.74) is 0.585. The summed E-state index contributed by atoms with van der Waals surface area (Å²) < 4.78 is 16.4. The van der Waals surface area contributed by atoms with E-state index in [0.29, 0.717) is 24.2 Å². The maximum absolute atomic E-state index is 12.7. The second-order valence-electron chi connectivity index (χ2n) is 16.0. The molecular weight excluding hydrogens is 665 g/mol. The number of halogens is 3. The molecule has 260 valence electrons. The molecule has 1 aliphatic heterocycles. The number of ether oxygens (including phenoxy) is 3. The molecule has 0 aromatic carbocycles. The fraction of sp³-hybridized carbons (Fsp3) is 0.778. The number of esters is 2. The molecule has 6 rings (SSSR count). The molecule has 8 nitrogen and oxygen atoms in total. The minimum atomic E-state index is -2.12. The number of nitrogens with one attached hydrogen (secondary N) is 1. The molecule has 1 heterocycles. The van der Waals surface area contributed by atoms with Crippen molar-refractivity contribution in [3.8, 4) is 0 Å². The van der Waals surface area contributed by atoms with Gasteiger partial charge in [0.05, 0.1) is 6.61 Å². The Bertz CT molecular complexity index is 1440. The highest BCUT2D eigenvalue weighted by atomic mass is 35.6. The van der Waals surface area contributed by atoms with Crippen LogP contribution in [0.5, 0.6) is 0 Å². The van der Waals surface area contributed by atoms with Gasteiger partial charge in [0, 0.05) is 44.1 Å². The Labute approximate surface area is 293 Å². The molecule has 4 saturated carbocycles. The van der Waals surface area contributed by atoms with E-state index >= 15 is 0 Å². The summed E-state index contributed by atoms with van der Waals surface area (Å²) in [5.74, 6) is -0.454. The first-order valence-corrected chi connectivity index (χ1v) is 18.2. The first-order chi connectivity index (χ1) is 21.8. The van der Waals surface area contributed by atoms with E-state index in [4.69, 9.17) is 49.0 Å². The topological polar surface area (TPSA) is 108 Å². The van der Waals surface area contributed by atoms with Crippen LogP contribution in [0, 0.1) is 57.2 Å². The highest BCUT2D eigenvalue weighted by Gasteiger charge is 2.81. The number of rotatable bonds is 7. The van der Waals surface area contributed by atoms with E-state index in [0.717, 1.165) is 44.1 Å². The first kappa shape index (κ1) is 35.1. The van der Waals surface area contributed by atoms with Crippen molar-refractivity contribution in [3.63, 3.8) is 0 Å². The predicted octanol–water partition coefficient (Wildman–Crippen LogP) is 6.90. The predicted molar refractivity (Wildman–Crippen MR) is 178 cm³/mol. The average Bonchev–Trinajstić information content (AvgIpc) is 3.41. The molecule has 11 heteroatoms. The summed E-state index contributed by atoms with van der Waals surface area (Å²) >= 11 is 17.4.